The number of anilines is 1. The lowest BCUT2D eigenvalue weighted by Gasteiger charge is -2.47. The molecule has 2 bridgehead atoms. The fraction of sp³-hybridized carbons (Fsp3) is 0.667. The SMILES string of the molecule is CCC(C(=O)ON1CCO[C@H](CNC(=O)c2cc(Cl)c(N)cc2OC)C1)[C@@H]1CN2CCC1CC2. The van der Waals surface area contributed by atoms with Crippen LogP contribution in [0.25, 0.3) is 0 Å². The van der Waals surface area contributed by atoms with Gasteiger partial charge in [-0.15, -0.1) is 5.06 Å². The van der Waals surface area contributed by atoms with Gasteiger partial charge in [0.1, 0.15) is 5.75 Å². The van der Waals surface area contributed by atoms with Crippen LogP contribution in [0.15, 0.2) is 12.1 Å². The fourth-order valence-electron chi connectivity index (χ4n) is 5.42. The molecule has 5 rings (SSSR count). The summed E-state index contributed by atoms with van der Waals surface area (Å²) in [4.78, 5) is 34.1. The number of hydrogen-bond acceptors (Lipinski definition) is 8. The third-order valence-electron chi connectivity index (χ3n) is 7.34. The minimum Gasteiger partial charge on any atom is -0.496 e. The zero-order valence-electron chi connectivity index (χ0n) is 19.9. The van der Waals surface area contributed by atoms with Crippen LogP contribution in [0.3, 0.4) is 0 Å². The number of fused-ring (bicyclic) bond motifs is 3. The Hall–Kier alpha value is -2.07. The summed E-state index contributed by atoms with van der Waals surface area (Å²) in [5, 5.41) is 4.81. The van der Waals surface area contributed by atoms with E-state index in [1.165, 1.54) is 32.1 Å². The van der Waals surface area contributed by atoms with Crippen LogP contribution in [-0.4, -0.2) is 80.9 Å². The number of hydroxylamine groups is 2. The van der Waals surface area contributed by atoms with Crippen LogP contribution in [0.2, 0.25) is 5.02 Å². The van der Waals surface area contributed by atoms with Crippen molar-refractivity contribution in [2.45, 2.75) is 32.3 Å². The number of amides is 1. The summed E-state index contributed by atoms with van der Waals surface area (Å²) in [6.07, 6.45) is 2.83. The quantitative estimate of drug-likeness (QED) is 0.530. The minimum absolute atomic E-state index is 0.0863. The standard InChI is InChI=1S/C24H35ClN4O5/c1-3-17(19-14-28-6-4-15(19)5-7-28)24(31)34-29-8-9-33-16(13-29)12-27-23(30)18-10-20(25)21(26)11-22(18)32-2/h10-11,15-17,19H,3-9,12-14,26H2,1-2H3,(H,27,30)/t16-,17?,19-/m1/s1. The number of carbonyl (C=O) groups excluding carboxylic acids is 2. The number of morpholine rings is 1. The predicted molar refractivity (Wildman–Crippen MR) is 129 cm³/mol. The molecule has 1 amide bonds. The number of nitrogen functional groups attached to an aromatic ring is 1. The molecule has 4 aliphatic heterocycles. The molecule has 4 fully saturated rings. The second-order valence-corrected chi connectivity index (χ2v) is 9.80. The molecule has 3 N–H and O–H groups in total. The van der Waals surface area contributed by atoms with Crippen LogP contribution < -0.4 is 15.8 Å². The molecule has 3 atom stereocenters. The maximum atomic E-state index is 13.1. The Morgan fingerprint density at radius 1 is 1.26 bits per heavy atom. The minimum atomic E-state index is -0.343. The highest BCUT2D eigenvalue weighted by atomic mass is 35.5. The Morgan fingerprint density at radius 2 is 2.03 bits per heavy atom. The summed E-state index contributed by atoms with van der Waals surface area (Å²) in [6, 6.07) is 3.01. The molecule has 0 aliphatic carbocycles. The number of benzene rings is 1. The van der Waals surface area contributed by atoms with Gasteiger partial charge in [0.2, 0.25) is 0 Å². The third-order valence-corrected chi connectivity index (χ3v) is 7.67. The van der Waals surface area contributed by atoms with Crippen molar-refractivity contribution in [3.05, 3.63) is 22.7 Å². The van der Waals surface area contributed by atoms with Crippen molar-refractivity contribution in [1.29, 1.82) is 0 Å². The smallest absolute Gasteiger partial charge is 0.328 e. The summed E-state index contributed by atoms with van der Waals surface area (Å²) in [5.41, 5.74) is 6.43. The van der Waals surface area contributed by atoms with Crippen LogP contribution in [0, 0.1) is 17.8 Å². The summed E-state index contributed by atoms with van der Waals surface area (Å²) in [7, 11) is 1.47. The van der Waals surface area contributed by atoms with Gasteiger partial charge in [-0.1, -0.05) is 18.5 Å². The van der Waals surface area contributed by atoms with Crippen molar-refractivity contribution >= 4 is 29.2 Å². The molecular weight excluding hydrogens is 460 g/mol. The van der Waals surface area contributed by atoms with E-state index >= 15 is 0 Å². The molecule has 4 aliphatic rings. The van der Waals surface area contributed by atoms with Gasteiger partial charge >= 0.3 is 5.97 Å². The number of piperidine rings is 3. The van der Waals surface area contributed by atoms with Gasteiger partial charge in [0.05, 0.1) is 55.1 Å². The van der Waals surface area contributed by atoms with E-state index in [1.807, 2.05) is 0 Å². The monoisotopic (exact) mass is 494 g/mol. The van der Waals surface area contributed by atoms with Gasteiger partial charge in [-0.3, -0.25) is 9.59 Å². The Labute approximate surface area is 205 Å². The first-order chi connectivity index (χ1) is 16.4. The molecule has 1 unspecified atom stereocenters. The predicted octanol–water partition coefficient (Wildman–Crippen LogP) is 2.19. The van der Waals surface area contributed by atoms with Crippen LogP contribution in [0.5, 0.6) is 5.75 Å². The first-order valence-corrected chi connectivity index (χ1v) is 12.5. The molecule has 188 valence electrons. The van der Waals surface area contributed by atoms with E-state index in [1.54, 1.807) is 5.06 Å². The first-order valence-electron chi connectivity index (χ1n) is 12.1. The molecule has 1 aromatic rings. The fourth-order valence-corrected chi connectivity index (χ4v) is 5.59. The number of nitrogens with two attached hydrogens (primary N) is 1. The van der Waals surface area contributed by atoms with E-state index in [0.717, 1.165) is 26.1 Å². The highest BCUT2D eigenvalue weighted by molar-refractivity contribution is 6.33. The molecule has 0 spiro atoms. The number of rotatable bonds is 8. The van der Waals surface area contributed by atoms with Crippen LogP contribution >= 0.6 is 11.6 Å². The normalized spacial score (nSPS) is 27.7. The topological polar surface area (TPSA) is 106 Å². The van der Waals surface area contributed by atoms with Crippen LogP contribution in [-0.2, 0) is 14.4 Å². The molecule has 10 heteroatoms. The first kappa shape index (κ1) is 25.0. The molecule has 4 saturated heterocycles. The highest BCUT2D eigenvalue weighted by Gasteiger charge is 2.42. The number of halogens is 1. The average Bonchev–Trinajstić information content (AvgIpc) is 2.85. The molecule has 34 heavy (non-hydrogen) atoms. The molecule has 9 nitrogen and oxygen atoms in total. The summed E-state index contributed by atoms with van der Waals surface area (Å²) < 4.78 is 11.0. The zero-order valence-corrected chi connectivity index (χ0v) is 20.7. The van der Waals surface area contributed by atoms with Gasteiger partial charge in [-0.25, -0.2) is 0 Å². The molecule has 4 heterocycles. The van der Waals surface area contributed by atoms with E-state index in [-0.39, 0.29) is 35.5 Å². The van der Waals surface area contributed by atoms with E-state index in [2.05, 4.69) is 17.1 Å². The Kier molecular flexibility index (Phi) is 8.18. The van der Waals surface area contributed by atoms with Crippen molar-refractivity contribution < 1.29 is 23.9 Å². The molecule has 0 radical (unpaired) electrons. The number of ether oxygens (including phenoxy) is 2. The number of methoxy groups -OCH3 is 1. The summed E-state index contributed by atoms with van der Waals surface area (Å²) in [6.45, 7) is 6.94. The lowest BCUT2D eigenvalue weighted by Crippen LogP contribution is -2.52. The largest absolute Gasteiger partial charge is 0.496 e. The van der Waals surface area contributed by atoms with Gasteiger partial charge in [0.15, 0.2) is 0 Å². The van der Waals surface area contributed by atoms with Crippen molar-refractivity contribution in [2.24, 2.45) is 17.8 Å². The van der Waals surface area contributed by atoms with E-state index < -0.39 is 0 Å². The molecule has 0 saturated carbocycles. The Balaban J connectivity index is 1.30. The lowest BCUT2D eigenvalue weighted by atomic mass is 9.72. The molecule has 1 aromatic carbocycles. The molecule has 0 aromatic heterocycles. The summed E-state index contributed by atoms with van der Waals surface area (Å²) in [5.74, 6) is 0.763. The van der Waals surface area contributed by atoms with Gasteiger partial charge in [0.25, 0.3) is 5.91 Å². The maximum absolute atomic E-state index is 13.1. The maximum Gasteiger partial charge on any atom is 0.328 e. The lowest BCUT2D eigenvalue weighted by molar-refractivity contribution is -0.222. The van der Waals surface area contributed by atoms with Crippen molar-refractivity contribution in [2.75, 3.05) is 58.7 Å². The second kappa shape index (κ2) is 11.1. The van der Waals surface area contributed by atoms with Gasteiger partial charge < -0.3 is 30.3 Å². The van der Waals surface area contributed by atoms with E-state index in [9.17, 15) is 9.59 Å². The van der Waals surface area contributed by atoms with Gasteiger partial charge in [-0.2, -0.15) is 0 Å². The van der Waals surface area contributed by atoms with Gasteiger partial charge in [-0.05, 0) is 50.3 Å². The number of nitrogens with one attached hydrogen (secondary N) is 1. The number of carbonyl (C=O) groups is 2. The average molecular weight is 495 g/mol. The van der Waals surface area contributed by atoms with E-state index in [0.29, 0.717) is 48.5 Å². The van der Waals surface area contributed by atoms with Crippen molar-refractivity contribution in [3.8, 4) is 5.75 Å². The zero-order chi connectivity index (χ0) is 24.2. The second-order valence-electron chi connectivity index (χ2n) is 9.39. The highest BCUT2D eigenvalue weighted by Crippen LogP contribution is 2.38. The van der Waals surface area contributed by atoms with E-state index in [4.69, 9.17) is 31.6 Å². The number of nitrogens with zero attached hydrogens (tertiary/aromatic N) is 2. The van der Waals surface area contributed by atoms with Crippen molar-refractivity contribution in [3.63, 3.8) is 0 Å². The van der Waals surface area contributed by atoms with Crippen molar-refractivity contribution in [1.82, 2.24) is 15.3 Å². The number of hydrogen-bond donors (Lipinski definition) is 2. The molecular formula is C24H35ClN4O5. The third kappa shape index (κ3) is 5.59. The summed E-state index contributed by atoms with van der Waals surface area (Å²) >= 11 is 6.07. The Bertz CT molecular complexity index is 892. The van der Waals surface area contributed by atoms with Crippen LogP contribution in [0.4, 0.5) is 5.69 Å². The van der Waals surface area contributed by atoms with Crippen LogP contribution in [0.1, 0.15) is 36.5 Å². The van der Waals surface area contributed by atoms with Gasteiger partial charge in [0, 0.05) is 19.2 Å². The Morgan fingerprint density at radius 3 is 2.68 bits per heavy atom.